The lowest BCUT2D eigenvalue weighted by molar-refractivity contribution is -0.115. The highest BCUT2D eigenvalue weighted by molar-refractivity contribution is 6.37. The number of nitrogens with two attached hydrogens (primary N) is 1. The number of ether oxygens (including phenoxy) is 1. The largest absolute Gasteiger partial charge is 0.487 e. The summed E-state index contributed by atoms with van der Waals surface area (Å²) in [4.78, 5) is 33.9. The van der Waals surface area contributed by atoms with Crippen molar-refractivity contribution in [3.8, 4) is 17.1 Å². The quantitative estimate of drug-likeness (QED) is 0.152. The second kappa shape index (κ2) is 13.6. The van der Waals surface area contributed by atoms with Crippen LogP contribution < -0.4 is 15.8 Å². The first kappa shape index (κ1) is 31.7. The number of carbonyl (C=O) groups excluding carboxylic acids is 2. The number of aromatic nitrogens is 4. The van der Waals surface area contributed by atoms with Crippen LogP contribution in [0.25, 0.3) is 28.4 Å². The van der Waals surface area contributed by atoms with Gasteiger partial charge in [-0.15, -0.1) is 0 Å². The van der Waals surface area contributed by atoms with Gasteiger partial charge in [0, 0.05) is 58.6 Å². The third-order valence-electron chi connectivity index (χ3n) is 7.73. The summed E-state index contributed by atoms with van der Waals surface area (Å²) in [7, 11) is 1.57. The molecule has 0 bridgehead atoms. The normalized spacial score (nSPS) is 12.0. The summed E-state index contributed by atoms with van der Waals surface area (Å²) >= 11 is 13.6. The first-order valence-corrected chi connectivity index (χ1v) is 15.5. The molecule has 0 saturated heterocycles. The number of hydrogen-bond donors (Lipinski definition) is 2. The molecule has 0 spiro atoms. The van der Waals surface area contributed by atoms with Crippen molar-refractivity contribution in [1.29, 1.82) is 0 Å². The minimum absolute atomic E-state index is 0.0731. The molecule has 1 unspecified atom stereocenters. The zero-order valence-corrected chi connectivity index (χ0v) is 27.0. The van der Waals surface area contributed by atoms with Crippen LogP contribution in [-0.4, -0.2) is 37.8 Å². The Kier molecular flexibility index (Phi) is 9.22. The Bertz CT molecular complexity index is 2120. The molecule has 3 heterocycles. The van der Waals surface area contributed by atoms with Crippen LogP contribution in [0.15, 0.2) is 104 Å². The van der Waals surface area contributed by atoms with Gasteiger partial charge in [0.05, 0.1) is 22.7 Å². The van der Waals surface area contributed by atoms with Crippen LogP contribution in [-0.2, 0) is 11.4 Å². The monoisotopic (exact) mass is 664 g/mol. The van der Waals surface area contributed by atoms with E-state index in [0.29, 0.717) is 43.8 Å². The molecule has 0 aliphatic heterocycles. The summed E-state index contributed by atoms with van der Waals surface area (Å²) in [6, 6.07) is 20.8. The van der Waals surface area contributed by atoms with Gasteiger partial charge in [-0.05, 0) is 67.1 Å². The Morgan fingerprint density at radius 3 is 2.57 bits per heavy atom. The molecule has 3 aromatic heterocycles. The van der Waals surface area contributed by atoms with Crippen molar-refractivity contribution >= 4 is 51.9 Å². The zero-order valence-electron chi connectivity index (χ0n) is 25.5. The maximum atomic E-state index is 13.1. The lowest BCUT2D eigenvalue weighted by atomic mass is 10.1. The van der Waals surface area contributed by atoms with E-state index in [1.807, 2.05) is 42.0 Å². The minimum atomic E-state index is -0.965. The summed E-state index contributed by atoms with van der Waals surface area (Å²) in [6.07, 6.45) is 10.2. The highest BCUT2D eigenvalue weighted by Crippen LogP contribution is 2.35. The summed E-state index contributed by atoms with van der Waals surface area (Å²) in [5.74, 6) is 0.0908. The van der Waals surface area contributed by atoms with Gasteiger partial charge in [0.2, 0.25) is 0 Å². The van der Waals surface area contributed by atoms with E-state index < -0.39 is 6.04 Å². The zero-order chi connectivity index (χ0) is 33.1. The number of carbonyl (C=O) groups is 2. The number of pyridine rings is 1. The molecule has 0 saturated carbocycles. The number of nitrogens with zero attached hydrogens (tertiary/aromatic N) is 4. The van der Waals surface area contributed by atoms with E-state index in [-0.39, 0.29) is 18.3 Å². The number of para-hydroxylation sites is 1. The Morgan fingerprint density at radius 2 is 1.83 bits per heavy atom. The molecule has 1 atom stereocenters. The second-order valence-corrected chi connectivity index (χ2v) is 11.6. The van der Waals surface area contributed by atoms with Crippen molar-refractivity contribution in [1.82, 2.24) is 24.4 Å². The lowest BCUT2D eigenvalue weighted by Gasteiger charge is -2.18. The Balaban J connectivity index is 1.24. The number of aryl methyl sites for hydroxylation is 1. The molecule has 1 amide bonds. The van der Waals surface area contributed by atoms with E-state index in [1.54, 1.807) is 84.9 Å². The molecule has 3 aromatic carbocycles. The molecule has 0 aliphatic carbocycles. The van der Waals surface area contributed by atoms with Crippen molar-refractivity contribution < 1.29 is 14.3 Å². The summed E-state index contributed by atoms with van der Waals surface area (Å²) < 4.78 is 10.0. The lowest BCUT2D eigenvalue weighted by Crippen LogP contribution is -2.22. The highest BCUT2D eigenvalue weighted by Gasteiger charge is 2.21. The predicted octanol–water partition coefficient (Wildman–Crippen LogP) is 7.05. The third-order valence-corrected chi connectivity index (χ3v) is 8.51. The van der Waals surface area contributed by atoms with Crippen molar-refractivity contribution in [2.45, 2.75) is 19.6 Å². The van der Waals surface area contributed by atoms with Gasteiger partial charge >= 0.3 is 0 Å². The molecule has 6 rings (SSSR count). The van der Waals surface area contributed by atoms with Gasteiger partial charge in [-0.1, -0.05) is 53.5 Å². The molecular formula is C36H30Cl2N6O3. The maximum Gasteiger partial charge on any atom is 0.251 e. The smallest absolute Gasteiger partial charge is 0.251 e. The molecule has 0 radical (unpaired) electrons. The van der Waals surface area contributed by atoms with Crippen molar-refractivity contribution in [2.75, 3.05) is 7.05 Å². The van der Waals surface area contributed by atoms with Gasteiger partial charge < -0.3 is 24.9 Å². The summed E-state index contributed by atoms with van der Waals surface area (Å²) in [6.45, 7) is 2.00. The van der Waals surface area contributed by atoms with E-state index in [1.165, 1.54) is 6.08 Å². The molecular weight excluding hydrogens is 635 g/mol. The van der Waals surface area contributed by atoms with Crippen LogP contribution in [0.5, 0.6) is 5.75 Å². The SMILES string of the molecule is CNC(=O)c1ccc(/C=C/C(=O)C(N)c2cccn2-c2ccc(Cl)c(COc3cccc4c(-n5ccnc5)cc(C)nc34)c2Cl)cc1. The Morgan fingerprint density at radius 1 is 1.02 bits per heavy atom. The van der Waals surface area contributed by atoms with Crippen LogP contribution in [0.3, 0.4) is 0 Å². The molecule has 0 aliphatic rings. The highest BCUT2D eigenvalue weighted by atomic mass is 35.5. The fourth-order valence-electron chi connectivity index (χ4n) is 5.30. The fraction of sp³-hybridized carbons (Fsp3) is 0.111. The van der Waals surface area contributed by atoms with Gasteiger partial charge in [0.25, 0.3) is 5.91 Å². The topological polar surface area (TPSA) is 117 Å². The number of amides is 1. The van der Waals surface area contributed by atoms with Crippen LogP contribution in [0.4, 0.5) is 0 Å². The van der Waals surface area contributed by atoms with E-state index in [2.05, 4.69) is 10.3 Å². The predicted molar refractivity (Wildman–Crippen MR) is 185 cm³/mol. The standard InChI is InChI=1S/C36H30Cl2N6O3/c1-22-19-30(43-18-16-41-21-43)25-5-3-7-32(35(25)42-22)47-20-26-27(37)13-14-28(33(26)38)44-17-4-6-29(44)34(39)31(45)15-10-23-8-11-24(12-9-23)36(46)40-2/h3-19,21,34H,20,39H2,1-2H3,(H,40,46)/b15-10+. The summed E-state index contributed by atoms with van der Waals surface area (Å²) in [5, 5.41) is 4.28. The average molecular weight is 666 g/mol. The van der Waals surface area contributed by atoms with Crippen molar-refractivity contribution in [2.24, 2.45) is 5.73 Å². The number of rotatable bonds is 10. The second-order valence-electron chi connectivity index (χ2n) is 10.8. The van der Waals surface area contributed by atoms with E-state index in [9.17, 15) is 9.59 Å². The number of benzene rings is 3. The molecule has 47 heavy (non-hydrogen) atoms. The number of hydrogen-bond acceptors (Lipinski definition) is 6. The van der Waals surface area contributed by atoms with E-state index >= 15 is 0 Å². The third kappa shape index (κ3) is 6.55. The van der Waals surface area contributed by atoms with E-state index in [0.717, 1.165) is 22.3 Å². The van der Waals surface area contributed by atoms with Gasteiger partial charge in [0.1, 0.15) is 23.9 Å². The maximum absolute atomic E-state index is 13.1. The Hall–Kier alpha value is -5.22. The van der Waals surface area contributed by atoms with Gasteiger partial charge in [-0.25, -0.2) is 9.97 Å². The molecule has 236 valence electrons. The van der Waals surface area contributed by atoms with Crippen molar-refractivity contribution in [3.05, 3.63) is 142 Å². The van der Waals surface area contributed by atoms with Crippen molar-refractivity contribution in [3.63, 3.8) is 0 Å². The number of imidazole rings is 1. The minimum Gasteiger partial charge on any atom is -0.487 e. The van der Waals surface area contributed by atoms with Crippen LogP contribution in [0, 0.1) is 6.92 Å². The molecule has 0 fully saturated rings. The fourth-order valence-corrected chi connectivity index (χ4v) is 5.87. The Labute approximate surface area is 281 Å². The van der Waals surface area contributed by atoms with Crippen LogP contribution in [0.2, 0.25) is 10.0 Å². The number of fused-ring (bicyclic) bond motifs is 1. The molecule has 6 aromatic rings. The van der Waals surface area contributed by atoms with Gasteiger partial charge in [-0.3, -0.25) is 9.59 Å². The first-order valence-electron chi connectivity index (χ1n) is 14.7. The van der Waals surface area contributed by atoms with Crippen LogP contribution >= 0.6 is 23.2 Å². The molecule has 9 nitrogen and oxygen atoms in total. The van der Waals surface area contributed by atoms with Gasteiger partial charge in [-0.2, -0.15) is 0 Å². The van der Waals surface area contributed by atoms with Gasteiger partial charge in [0.15, 0.2) is 5.78 Å². The summed E-state index contributed by atoms with van der Waals surface area (Å²) in [5.41, 5.74) is 11.9. The van der Waals surface area contributed by atoms with Crippen LogP contribution in [0.1, 0.15) is 38.9 Å². The van der Waals surface area contributed by atoms with E-state index in [4.69, 9.17) is 38.7 Å². The average Bonchev–Trinajstić information content (AvgIpc) is 3.80. The number of halogens is 2. The molecule has 11 heteroatoms. The number of ketones is 1. The molecule has 3 N–H and O–H groups in total. The number of nitrogens with one attached hydrogen (secondary N) is 1. The first-order chi connectivity index (χ1) is 22.7.